The minimum Gasteiger partial charge on any atom is -0.374 e. The summed E-state index contributed by atoms with van der Waals surface area (Å²) in [5, 5.41) is 6.35. The predicted octanol–water partition coefficient (Wildman–Crippen LogP) is 0.860. The average molecular weight is 289 g/mol. The number of rotatable bonds is 3. The number of hydrogen-bond donors (Lipinski definition) is 2. The van der Waals surface area contributed by atoms with Crippen molar-refractivity contribution >= 4 is 11.6 Å². The van der Waals surface area contributed by atoms with E-state index >= 15 is 0 Å². The Labute approximate surface area is 125 Å². The van der Waals surface area contributed by atoms with E-state index in [0.717, 1.165) is 38.2 Å². The summed E-state index contributed by atoms with van der Waals surface area (Å²) in [4.78, 5) is 14.5. The van der Waals surface area contributed by atoms with Crippen LogP contribution in [0.1, 0.15) is 12.0 Å². The van der Waals surface area contributed by atoms with E-state index in [-0.39, 0.29) is 18.1 Å². The Morgan fingerprint density at radius 1 is 1.48 bits per heavy atom. The number of nitrogens with zero attached hydrogens (tertiary/aromatic N) is 1. The molecule has 0 spiro atoms. The molecule has 0 bridgehead atoms. The monoisotopic (exact) mass is 289 g/mol. The molecule has 1 aromatic rings. The fraction of sp³-hybridized carbons (Fsp3) is 0.562. The van der Waals surface area contributed by atoms with Gasteiger partial charge in [0.05, 0.1) is 12.7 Å². The molecule has 1 amide bonds. The minimum atomic E-state index is -0.138. The lowest BCUT2D eigenvalue weighted by molar-refractivity contribution is -0.123. The fourth-order valence-corrected chi connectivity index (χ4v) is 2.96. The molecule has 2 aliphatic heterocycles. The van der Waals surface area contributed by atoms with E-state index in [4.69, 9.17) is 4.74 Å². The van der Waals surface area contributed by atoms with Crippen LogP contribution in [-0.2, 0) is 16.0 Å². The van der Waals surface area contributed by atoms with Gasteiger partial charge in [0.1, 0.15) is 6.04 Å². The average Bonchev–Trinajstić information content (AvgIpc) is 2.52. The molecule has 5 nitrogen and oxygen atoms in total. The van der Waals surface area contributed by atoms with Gasteiger partial charge >= 0.3 is 0 Å². The second kappa shape index (κ2) is 6.45. The first-order valence-electron chi connectivity index (χ1n) is 7.64. The molecular formula is C16H23N3O2. The van der Waals surface area contributed by atoms with Crippen molar-refractivity contribution in [2.45, 2.75) is 25.0 Å². The van der Waals surface area contributed by atoms with Crippen LogP contribution in [0.2, 0.25) is 0 Å². The molecule has 1 fully saturated rings. The standard InChI is InChI=1S/C16H23N3O2/c1-19-8-9-21-13(11-19)10-17-16(20)15-7-6-12-4-2-3-5-14(12)18-15/h2-5,13,15,18H,6-11H2,1H3,(H,17,20). The van der Waals surface area contributed by atoms with E-state index in [9.17, 15) is 4.79 Å². The number of aryl methyl sites for hydroxylation is 1. The summed E-state index contributed by atoms with van der Waals surface area (Å²) in [7, 11) is 2.08. The van der Waals surface area contributed by atoms with Crippen LogP contribution in [0.15, 0.2) is 24.3 Å². The van der Waals surface area contributed by atoms with E-state index in [1.807, 2.05) is 18.2 Å². The highest BCUT2D eigenvalue weighted by molar-refractivity contribution is 5.85. The lowest BCUT2D eigenvalue weighted by Gasteiger charge is -2.31. The maximum atomic E-state index is 12.3. The Balaban J connectivity index is 1.50. The molecule has 1 aromatic carbocycles. The Kier molecular flexibility index (Phi) is 4.41. The van der Waals surface area contributed by atoms with Crippen molar-refractivity contribution in [3.05, 3.63) is 29.8 Å². The van der Waals surface area contributed by atoms with Crippen LogP contribution in [0, 0.1) is 0 Å². The summed E-state index contributed by atoms with van der Waals surface area (Å²) in [6, 6.07) is 8.05. The molecule has 0 radical (unpaired) electrons. The minimum absolute atomic E-state index is 0.0707. The van der Waals surface area contributed by atoms with Gasteiger partial charge in [0, 0.05) is 25.3 Å². The molecule has 21 heavy (non-hydrogen) atoms. The maximum Gasteiger partial charge on any atom is 0.242 e. The van der Waals surface area contributed by atoms with Gasteiger partial charge in [0.2, 0.25) is 5.91 Å². The summed E-state index contributed by atoms with van der Waals surface area (Å²) in [5.41, 5.74) is 2.37. The normalized spacial score (nSPS) is 25.8. The highest BCUT2D eigenvalue weighted by atomic mass is 16.5. The molecule has 0 saturated carbocycles. The number of fused-ring (bicyclic) bond motifs is 1. The number of likely N-dealkylation sites (N-methyl/N-ethyl adjacent to an activating group) is 1. The topological polar surface area (TPSA) is 53.6 Å². The highest BCUT2D eigenvalue weighted by Crippen LogP contribution is 2.24. The van der Waals surface area contributed by atoms with Crippen LogP contribution >= 0.6 is 0 Å². The lowest BCUT2D eigenvalue weighted by Crippen LogP contribution is -2.49. The largest absolute Gasteiger partial charge is 0.374 e. The summed E-state index contributed by atoms with van der Waals surface area (Å²) in [6.07, 6.45) is 1.89. The summed E-state index contributed by atoms with van der Waals surface area (Å²) < 4.78 is 5.67. The van der Waals surface area contributed by atoms with Crippen molar-refractivity contribution in [1.29, 1.82) is 0 Å². The zero-order valence-electron chi connectivity index (χ0n) is 12.5. The molecule has 5 heteroatoms. The van der Waals surface area contributed by atoms with Crippen molar-refractivity contribution in [3.8, 4) is 0 Å². The molecule has 2 heterocycles. The molecule has 0 aromatic heterocycles. The number of ether oxygens (including phenoxy) is 1. The SMILES string of the molecule is CN1CCOC(CNC(=O)C2CCc3ccccc3N2)C1. The Morgan fingerprint density at radius 3 is 3.19 bits per heavy atom. The van der Waals surface area contributed by atoms with Crippen molar-refractivity contribution < 1.29 is 9.53 Å². The van der Waals surface area contributed by atoms with Gasteiger partial charge in [-0.25, -0.2) is 0 Å². The Bertz CT molecular complexity index is 506. The van der Waals surface area contributed by atoms with Crippen LogP contribution in [0.3, 0.4) is 0 Å². The third-order valence-corrected chi connectivity index (χ3v) is 4.21. The third-order valence-electron chi connectivity index (χ3n) is 4.21. The molecule has 2 aliphatic rings. The molecule has 1 saturated heterocycles. The molecular weight excluding hydrogens is 266 g/mol. The van der Waals surface area contributed by atoms with Gasteiger partial charge in [-0.2, -0.15) is 0 Å². The quantitative estimate of drug-likeness (QED) is 0.866. The molecule has 3 rings (SSSR count). The zero-order valence-corrected chi connectivity index (χ0v) is 12.5. The number of hydrogen-bond acceptors (Lipinski definition) is 4. The summed E-state index contributed by atoms with van der Waals surface area (Å²) in [5.74, 6) is 0.0707. The molecule has 114 valence electrons. The van der Waals surface area contributed by atoms with Gasteiger partial charge in [-0.3, -0.25) is 4.79 Å². The maximum absolute atomic E-state index is 12.3. The van der Waals surface area contributed by atoms with Gasteiger partial charge in [0.25, 0.3) is 0 Å². The third kappa shape index (κ3) is 3.54. The van der Waals surface area contributed by atoms with Crippen LogP contribution in [0.25, 0.3) is 0 Å². The van der Waals surface area contributed by atoms with Gasteiger partial charge in [-0.05, 0) is 31.5 Å². The van der Waals surface area contributed by atoms with Gasteiger partial charge in [0.15, 0.2) is 0 Å². The zero-order chi connectivity index (χ0) is 14.7. The summed E-state index contributed by atoms with van der Waals surface area (Å²) in [6.45, 7) is 3.17. The van der Waals surface area contributed by atoms with Crippen LogP contribution in [0.5, 0.6) is 0 Å². The number of para-hydroxylation sites is 1. The number of morpholine rings is 1. The van der Waals surface area contributed by atoms with Gasteiger partial charge in [-0.1, -0.05) is 18.2 Å². The van der Waals surface area contributed by atoms with Gasteiger partial charge < -0.3 is 20.3 Å². The van der Waals surface area contributed by atoms with Crippen molar-refractivity contribution in [2.75, 3.05) is 38.6 Å². The summed E-state index contributed by atoms with van der Waals surface area (Å²) >= 11 is 0. The number of benzene rings is 1. The smallest absolute Gasteiger partial charge is 0.242 e. The first-order valence-corrected chi connectivity index (χ1v) is 7.64. The Morgan fingerprint density at radius 2 is 2.33 bits per heavy atom. The van der Waals surface area contributed by atoms with Crippen LogP contribution < -0.4 is 10.6 Å². The Hall–Kier alpha value is -1.59. The van der Waals surface area contributed by atoms with E-state index in [1.165, 1.54) is 5.56 Å². The van der Waals surface area contributed by atoms with Crippen LogP contribution in [-0.4, -0.2) is 56.2 Å². The molecule has 2 unspecified atom stereocenters. The first kappa shape index (κ1) is 14.4. The van der Waals surface area contributed by atoms with Gasteiger partial charge in [-0.15, -0.1) is 0 Å². The fourth-order valence-electron chi connectivity index (χ4n) is 2.96. The van der Waals surface area contributed by atoms with Crippen molar-refractivity contribution in [1.82, 2.24) is 10.2 Å². The number of anilines is 1. The highest BCUT2D eigenvalue weighted by Gasteiger charge is 2.25. The lowest BCUT2D eigenvalue weighted by atomic mass is 9.97. The number of amides is 1. The van der Waals surface area contributed by atoms with Crippen molar-refractivity contribution in [3.63, 3.8) is 0 Å². The van der Waals surface area contributed by atoms with Crippen LogP contribution in [0.4, 0.5) is 5.69 Å². The van der Waals surface area contributed by atoms with E-state index in [0.29, 0.717) is 6.54 Å². The molecule has 2 N–H and O–H groups in total. The first-order chi connectivity index (χ1) is 10.2. The van der Waals surface area contributed by atoms with Crippen molar-refractivity contribution in [2.24, 2.45) is 0 Å². The number of nitrogens with one attached hydrogen (secondary N) is 2. The predicted molar refractivity (Wildman–Crippen MR) is 82.4 cm³/mol. The number of carbonyl (C=O) groups is 1. The van der Waals surface area contributed by atoms with E-state index < -0.39 is 0 Å². The van der Waals surface area contributed by atoms with E-state index in [2.05, 4.69) is 28.6 Å². The van der Waals surface area contributed by atoms with E-state index in [1.54, 1.807) is 0 Å². The number of carbonyl (C=O) groups excluding carboxylic acids is 1. The molecule has 2 atom stereocenters. The second-order valence-electron chi connectivity index (χ2n) is 5.89. The second-order valence-corrected chi connectivity index (χ2v) is 5.89. The molecule has 0 aliphatic carbocycles.